The molecule has 6 N–H and O–H groups in total. The maximum Gasteiger partial charge on any atom is 0.329 e. The zero-order valence-electron chi connectivity index (χ0n) is 24.3. The number of hydrogen-bond acceptors (Lipinski definition) is 6. The third-order valence-electron chi connectivity index (χ3n) is 5.86. The molecule has 2 amide bonds. The second kappa shape index (κ2) is 18.3. The number of primary amides is 1. The van der Waals surface area contributed by atoms with Crippen molar-refractivity contribution in [3.8, 4) is 0 Å². The first kappa shape index (κ1) is 34.0. The van der Waals surface area contributed by atoms with E-state index in [-0.39, 0.29) is 17.7 Å². The smallest absolute Gasteiger partial charge is 0.329 e. The van der Waals surface area contributed by atoms with E-state index in [1.807, 2.05) is 92.9 Å². The van der Waals surface area contributed by atoms with Gasteiger partial charge < -0.3 is 31.0 Å². The van der Waals surface area contributed by atoms with Crippen molar-refractivity contribution in [3.05, 3.63) is 126 Å². The van der Waals surface area contributed by atoms with Crippen molar-refractivity contribution in [2.24, 2.45) is 10.7 Å². The minimum atomic E-state index is -2.04. The maximum atomic E-state index is 12.1. The number of amides is 2. The van der Waals surface area contributed by atoms with Gasteiger partial charge >= 0.3 is 5.97 Å². The number of aliphatic hydroxyl groups excluding tert-OH is 1. The predicted molar refractivity (Wildman–Crippen MR) is 169 cm³/mol. The molecular weight excluding hydrogens is 548 g/mol. The predicted octanol–water partition coefficient (Wildman–Crippen LogP) is 3.86. The molecule has 1 aliphatic heterocycles. The van der Waals surface area contributed by atoms with Crippen LogP contribution < -0.4 is 11.1 Å². The molecule has 226 valence electrons. The highest BCUT2D eigenvalue weighted by atomic mass is 16.5. The molecule has 1 aromatic heterocycles. The van der Waals surface area contributed by atoms with Crippen LogP contribution in [0.5, 0.6) is 0 Å². The first-order valence-corrected chi connectivity index (χ1v) is 13.5. The van der Waals surface area contributed by atoms with Gasteiger partial charge in [0.25, 0.3) is 0 Å². The number of carbonyl (C=O) groups is 3. The quantitative estimate of drug-likeness (QED) is 0.155. The van der Waals surface area contributed by atoms with Crippen molar-refractivity contribution in [1.82, 2.24) is 10.3 Å². The molecule has 0 bridgehead atoms. The first-order chi connectivity index (χ1) is 20.6. The number of rotatable bonds is 15. The summed E-state index contributed by atoms with van der Waals surface area (Å²) in [6.07, 6.45) is 29.2. The third kappa shape index (κ3) is 12.9. The Labute approximate surface area is 251 Å². The fraction of sp³-hybridized carbons (Fsp3) is 0.212. The summed E-state index contributed by atoms with van der Waals surface area (Å²) in [4.78, 5) is 42.0. The Balaban J connectivity index is 1.74. The number of ether oxygens (including phenoxy) is 1. The molecule has 0 fully saturated rings. The van der Waals surface area contributed by atoms with Gasteiger partial charge in [0, 0.05) is 23.5 Å². The second-order valence-corrected chi connectivity index (χ2v) is 9.42. The Morgan fingerprint density at radius 2 is 1.60 bits per heavy atom. The van der Waals surface area contributed by atoms with Crippen LogP contribution in [0.3, 0.4) is 0 Å². The number of allylic oxidation sites excluding steroid dienone is 14. The number of carbonyl (C=O) groups excluding carboxylic acids is 2. The zero-order chi connectivity index (χ0) is 31.6. The average Bonchev–Trinajstić information content (AvgIpc) is 3.61. The van der Waals surface area contributed by atoms with E-state index in [4.69, 9.17) is 15.6 Å². The van der Waals surface area contributed by atoms with Crippen molar-refractivity contribution in [1.29, 1.82) is 0 Å². The van der Waals surface area contributed by atoms with E-state index in [9.17, 15) is 19.5 Å². The SMILES string of the molecule is CC(C=CC=CC=CC=CC=CC=CC=C(C)C(=O)NC(C(=O)O)C(O)C(N)=O)=CC1N=C(C=Cc2ccc[nH]2)OC1C. The number of aromatic amines is 1. The van der Waals surface area contributed by atoms with Crippen LogP contribution in [0.2, 0.25) is 0 Å². The summed E-state index contributed by atoms with van der Waals surface area (Å²) >= 11 is 0. The summed E-state index contributed by atoms with van der Waals surface area (Å²) < 4.78 is 5.83. The van der Waals surface area contributed by atoms with E-state index >= 15 is 0 Å². The lowest BCUT2D eigenvalue weighted by atomic mass is 10.1. The van der Waals surface area contributed by atoms with E-state index in [2.05, 4.69) is 21.4 Å². The van der Waals surface area contributed by atoms with Gasteiger partial charge in [-0.15, -0.1) is 0 Å². The second-order valence-electron chi connectivity index (χ2n) is 9.42. The summed E-state index contributed by atoms with van der Waals surface area (Å²) in [7, 11) is 0. The number of nitrogens with zero attached hydrogens (tertiary/aromatic N) is 1. The van der Waals surface area contributed by atoms with Crippen LogP contribution in [0.1, 0.15) is 26.5 Å². The van der Waals surface area contributed by atoms with Gasteiger partial charge in [0.1, 0.15) is 12.1 Å². The Morgan fingerprint density at radius 1 is 1.00 bits per heavy atom. The number of H-pyrrole nitrogens is 1. The van der Waals surface area contributed by atoms with Crippen LogP contribution in [0.25, 0.3) is 6.08 Å². The van der Waals surface area contributed by atoms with Crippen LogP contribution >= 0.6 is 0 Å². The summed E-state index contributed by atoms with van der Waals surface area (Å²) in [5.41, 5.74) is 7.16. The molecule has 0 saturated heterocycles. The van der Waals surface area contributed by atoms with Gasteiger partial charge in [-0.2, -0.15) is 0 Å². The molecule has 4 unspecified atom stereocenters. The van der Waals surface area contributed by atoms with Gasteiger partial charge in [-0.3, -0.25) is 9.59 Å². The molecule has 2 rings (SSSR count). The van der Waals surface area contributed by atoms with Crippen molar-refractivity contribution >= 4 is 29.8 Å². The minimum Gasteiger partial charge on any atom is -0.480 e. The number of aromatic nitrogens is 1. The number of aliphatic imine (C=N–C) groups is 1. The largest absolute Gasteiger partial charge is 0.480 e. The molecule has 1 aromatic rings. The topological polar surface area (TPSA) is 167 Å². The molecule has 0 aliphatic carbocycles. The molecule has 0 aromatic carbocycles. The van der Waals surface area contributed by atoms with E-state index in [0.29, 0.717) is 5.90 Å². The third-order valence-corrected chi connectivity index (χ3v) is 5.86. The monoisotopic (exact) mass is 586 g/mol. The minimum absolute atomic E-state index is 0.0291. The molecule has 0 saturated carbocycles. The van der Waals surface area contributed by atoms with Crippen molar-refractivity contribution < 1.29 is 29.3 Å². The van der Waals surface area contributed by atoms with E-state index in [1.165, 1.54) is 13.0 Å². The molecule has 2 heterocycles. The summed E-state index contributed by atoms with van der Waals surface area (Å²) in [5.74, 6) is -2.96. The van der Waals surface area contributed by atoms with Gasteiger partial charge in [0.05, 0.1) is 0 Å². The average molecular weight is 587 g/mol. The van der Waals surface area contributed by atoms with Crippen molar-refractivity contribution in [3.63, 3.8) is 0 Å². The molecular formula is C33H38N4O6. The Kier molecular flexibility index (Phi) is 14.4. The molecule has 10 heteroatoms. The number of aliphatic hydroxyl groups is 1. The van der Waals surface area contributed by atoms with Crippen LogP contribution in [0.4, 0.5) is 0 Å². The standard InChI is InChI=1S/C33H38N4O6/c1-23(22-27-25(3)43-28(36-27)20-19-26-18-15-21-35-26)16-13-11-9-7-5-4-6-8-10-12-14-17-24(2)32(40)37-29(33(41)42)30(38)31(34)39/h4-22,25,27,29-30,35,38H,1-3H3,(H2,34,39)(H,37,40)(H,41,42). The zero-order valence-corrected chi connectivity index (χ0v) is 24.3. The number of nitrogens with two attached hydrogens (primary N) is 1. The molecule has 1 aliphatic rings. The molecule has 4 atom stereocenters. The van der Waals surface area contributed by atoms with Gasteiger partial charge in [-0.1, -0.05) is 90.6 Å². The number of nitrogens with one attached hydrogen (secondary N) is 2. The van der Waals surface area contributed by atoms with Crippen LogP contribution in [0.15, 0.2) is 126 Å². The number of aliphatic carboxylic acids is 1. The normalized spacial score (nSPS) is 19.9. The summed E-state index contributed by atoms with van der Waals surface area (Å²) in [6.45, 7) is 5.49. The highest BCUT2D eigenvalue weighted by Crippen LogP contribution is 2.17. The van der Waals surface area contributed by atoms with Crippen molar-refractivity contribution in [2.45, 2.75) is 45.1 Å². The molecule has 0 spiro atoms. The molecule has 43 heavy (non-hydrogen) atoms. The lowest BCUT2D eigenvalue weighted by Gasteiger charge is -2.17. The lowest BCUT2D eigenvalue weighted by Crippen LogP contribution is -2.53. The fourth-order valence-electron chi connectivity index (χ4n) is 3.49. The maximum absolute atomic E-state index is 12.1. The Morgan fingerprint density at radius 3 is 2.16 bits per heavy atom. The van der Waals surface area contributed by atoms with Gasteiger partial charge in [0.2, 0.25) is 17.7 Å². The van der Waals surface area contributed by atoms with Crippen molar-refractivity contribution in [2.75, 3.05) is 0 Å². The Bertz CT molecular complexity index is 1400. The van der Waals surface area contributed by atoms with Gasteiger partial charge in [-0.25, -0.2) is 9.79 Å². The lowest BCUT2D eigenvalue weighted by molar-refractivity contribution is -0.148. The van der Waals surface area contributed by atoms with Gasteiger partial charge in [-0.05, 0) is 39.0 Å². The molecule has 0 radical (unpaired) electrons. The summed E-state index contributed by atoms with van der Waals surface area (Å²) in [5, 5.41) is 20.7. The highest BCUT2D eigenvalue weighted by molar-refractivity contribution is 5.97. The Hall–Kier alpha value is -5.22. The first-order valence-electron chi connectivity index (χ1n) is 13.5. The number of hydrogen-bond donors (Lipinski definition) is 5. The number of carboxylic acid groups (broad SMARTS) is 1. The fourth-order valence-corrected chi connectivity index (χ4v) is 3.49. The van der Waals surface area contributed by atoms with E-state index < -0.39 is 29.9 Å². The van der Waals surface area contributed by atoms with Gasteiger partial charge in [0.15, 0.2) is 12.1 Å². The van der Waals surface area contributed by atoms with Crippen LogP contribution in [-0.2, 0) is 19.1 Å². The van der Waals surface area contributed by atoms with Crippen LogP contribution in [-0.4, -0.2) is 63.2 Å². The van der Waals surface area contributed by atoms with E-state index in [1.54, 1.807) is 24.3 Å². The van der Waals surface area contributed by atoms with Crippen LogP contribution in [0, 0.1) is 0 Å². The summed E-state index contributed by atoms with van der Waals surface area (Å²) in [6, 6.07) is 2.04. The molecule has 10 nitrogen and oxygen atoms in total. The van der Waals surface area contributed by atoms with E-state index in [0.717, 1.165) is 11.3 Å². The number of carboxylic acids is 1. The highest BCUT2D eigenvalue weighted by Gasteiger charge is 2.32.